The molecule has 0 atom stereocenters. The minimum absolute atomic E-state index is 0.00860. The van der Waals surface area contributed by atoms with Crippen molar-refractivity contribution < 1.29 is 23.1 Å². The van der Waals surface area contributed by atoms with Crippen LogP contribution in [0.15, 0.2) is 53.3 Å². The third-order valence-corrected chi connectivity index (χ3v) is 6.43. The molecule has 0 spiro atoms. The number of nitrogens with zero attached hydrogens (tertiary/aromatic N) is 2. The number of carbonyl (C=O) groups is 1. The Balaban J connectivity index is 1.86. The molecule has 1 amide bonds. The van der Waals surface area contributed by atoms with Crippen LogP contribution in [0.3, 0.4) is 0 Å². The summed E-state index contributed by atoms with van der Waals surface area (Å²) in [7, 11) is 0. The first-order valence-corrected chi connectivity index (χ1v) is 11.7. The van der Waals surface area contributed by atoms with Crippen molar-refractivity contribution >= 4 is 45.7 Å². The molecule has 0 aliphatic rings. The van der Waals surface area contributed by atoms with Gasteiger partial charge in [-0.15, -0.1) is 0 Å². The van der Waals surface area contributed by atoms with Crippen molar-refractivity contribution in [2.75, 3.05) is 5.32 Å². The van der Waals surface area contributed by atoms with Crippen LogP contribution < -0.4 is 10.9 Å². The third-order valence-electron chi connectivity index (χ3n) is 5.86. The summed E-state index contributed by atoms with van der Waals surface area (Å²) >= 11 is 11.8. The number of aromatic nitrogens is 2. The van der Waals surface area contributed by atoms with Crippen molar-refractivity contribution in [1.29, 1.82) is 0 Å². The lowest BCUT2D eigenvalue weighted by atomic mass is 10.0. The molecule has 0 aliphatic heterocycles. The summed E-state index contributed by atoms with van der Waals surface area (Å²) in [6.07, 6.45) is 0. The summed E-state index contributed by atoms with van der Waals surface area (Å²) in [5.41, 5.74) is -0.116. The van der Waals surface area contributed by atoms with E-state index in [9.17, 15) is 27.9 Å². The van der Waals surface area contributed by atoms with E-state index in [-0.39, 0.29) is 61.4 Å². The number of halogens is 5. The second kappa shape index (κ2) is 10.1. The number of hydrogen-bond donors (Lipinski definition) is 2. The highest BCUT2D eigenvalue weighted by Gasteiger charge is 2.28. The van der Waals surface area contributed by atoms with Crippen LogP contribution in [0, 0.1) is 6.92 Å². The number of phenolic OH excluding ortho intramolecular Hbond substituents is 1. The fraction of sp³-hybridized carbons (Fsp3) is 0.192. The predicted octanol–water partition coefficient (Wildman–Crippen LogP) is 6.60. The number of fused-ring (bicyclic) bond motifs is 1. The molecule has 0 unspecified atom stereocenters. The van der Waals surface area contributed by atoms with Gasteiger partial charge in [-0.3, -0.25) is 14.2 Å². The van der Waals surface area contributed by atoms with Crippen LogP contribution in [0.5, 0.6) is 5.75 Å². The second-order valence-electron chi connectivity index (χ2n) is 8.49. The Labute approximate surface area is 219 Å². The lowest BCUT2D eigenvalue weighted by Crippen LogP contribution is -2.28. The Kier molecular flexibility index (Phi) is 7.21. The maximum absolute atomic E-state index is 14.2. The number of anilines is 1. The van der Waals surface area contributed by atoms with Crippen molar-refractivity contribution in [3.8, 4) is 5.75 Å². The maximum Gasteiger partial charge on any atom is 0.270 e. The van der Waals surface area contributed by atoms with Gasteiger partial charge in [-0.1, -0.05) is 53.5 Å². The van der Waals surface area contributed by atoms with Crippen molar-refractivity contribution in [2.24, 2.45) is 0 Å². The smallest absolute Gasteiger partial charge is 0.270 e. The Morgan fingerprint density at radius 2 is 1.78 bits per heavy atom. The lowest BCUT2D eigenvalue weighted by molar-refractivity contribution is 0.0164. The number of carbonyl (C=O) groups excluding carboxylic acids is 1. The normalized spacial score (nSPS) is 11.6. The summed E-state index contributed by atoms with van der Waals surface area (Å²) in [5.74, 6) is -4.51. The van der Waals surface area contributed by atoms with Crippen LogP contribution in [0.2, 0.25) is 10.0 Å². The van der Waals surface area contributed by atoms with Gasteiger partial charge in [-0.2, -0.15) is 0 Å². The molecule has 11 heteroatoms. The molecule has 0 saturated heterocycles. The number of alkyl halides is 3. The summed E-state index contributed by atoms with van der Waals surface area (Å²) in [6.45, 7) is 0.933. The Hall–Kier alpha value is -3.56. The zero-order valence-corrected chi connectivity index (χ0v) is 21.1. The lowest BCUT2D eigenvalue weighted by Gasteiger charge is -2.19. The molecule has 4 aromatic rings. The van der Waals surface area contributed by atoms with Crippen LogP contribution >= 0.6 is 23.2 Å². The molecule has 0 aliphatic carbocycles. The fourth-order valence-corrected chi connectivity index (χ4v) is 4.50. The molecule has 37 heavy (non-hydrogen) atoms. The highest BCUT2D eigenvalue weighted by Crippen LogP contribution is 2.34. The van der Waals surface area contributed by atoms with Gasteiger partial charge in [0.1, 0.15) is 12.5 Å². The summed E-state index contributed by atoms with van der Waals surface area (Å²) in [4.78, 5) is 30.9. The van der Waals surface area contributed by atoms with Crippen LogP contribution in [0.1, 0.15) is 39.8 Å². The quantitative estimate of drug-likeness (QED) is 0.284. The van der Waals surface area contributed by atoms with E-state index in [0.29, 0.717) is 5.56 Å². The molecule has 1 heterocycles. The largest absolute Gasteiger partial charge is 0.505 e. The maximum atomic E-state index is 14.2. The van der Waals surface area contributed by atoms with E-state index < -0.39 is 24.1 Å². The van der Waals surface area contributed by atoms with E-state index in [4.69, 9.17) is 23.2 Å². The van der Waals surface area contributed by atoms with Gasteiger partial charge in [0.25, 0.3) is 17.4 Å². The number of phenols is 1. The number of aryl methyl sites for hydroxylation is 1. The number of hydrogen-bond acceptors (Lipinski definition) is 4. The molecule has 1 aromatic heterocycles. The Morgan fingerprint density at radius 1 is 1.14 bits per heavy atom. The van der Waals surface area contributed by atoms with E-state index in [2.05, 4.69) is 10.3 Å². The Bertz CT molecular complexity index is 1580. The van der Waals surface area contributed by atoms with Crippen molar-refractivity contribution in [3.63, 3.8) is 0 Å². The first-order chi connectivity index (χ1) is 17.4. The molecular formula is C26H20Cl2F3N3O3. The van der Waals surface area contributed by atoms with Crippen molar-refractivity contribution in [3.05, 3.63) is 97.0 Å². The standard InChI is InChI=1S/C26H20Cl2F3N3O3/c1-13-7-8-19(32-24(36)15-9-17(27)23(35)18(28)10-15)21-22(13)33-20(11-29)34(25(21)37)12-14-5-3-4-6-16(14)26(2,30)31/h3-10,35H,11-12H2,1-2H3,(H,32,36). The number of nitrogens with one attached hydrogen (secondary N) is 1. The predicted molar refractivity (Wildman–Crippen MR) is 137 cm³/mol. The average molecular weight is 550 g/mol. The van der Waals surface area contributed by atoms with E-state index in [1.165, 1.54) is 36.4 Å². The zero-order valence-electron chi connectivity index (χ0n) is 19.6. The van der Waals surface area contributed by atoms with Gasteiger partial charge in [0.05, 0.1) is 33.2 Å². The van der Waals surface area contributed by atoms with E-state index in [1.54, 1.807) is 19.1 Å². The molecule has 0 bridgehead atoms. The SMILES string of the molecule is Cc1ccc(NC(=O)c2cc(Cl)c(O)c(Cl)c2)c2c(=O)n(Cc3ccccc3C(C)(F)F)c(CF)nc12. The molecule has 4 rings (SSSR count). The van der Waals surface area contributed by atoms with Crippen LogP contribution in [-0.2, 0) is 19.1 Å². The summed E-state index contributed by atoms with van der Waals surface area (Å²) < 4.78 is 43.4. The van der Waals surface area contributed by atoms with Crippen LogP contribution in [-0.4, -0.2) is 20.6 Å². The first kappa shape index (κ1) is 26.5. The van der Waals surface area contributed by atoms with Gasteiger partial charge >= 0.3 is 0 Å². The molecule has 6 nitrogen and oxygen atoms in total. The van der Waals surface area contributed by atoms with Gasteiger partial charge in [-0.05, 0) is 36.2 Å². The summed E-state index contributed by atoms with van der Waals surface area (Å²) in [6, 6.07) is 11.2. The summed E-state index contributed by atoms with van der Waals surface area (Å²) in [5, 5.41) is 12.0. The van der Waals surface area contributed by atoms with Gasteiger partial charge < -0.3 is 10.4 Å². The number of rotatable bonds is 6. The fourth-order valence-electron chi connectivity index (χ4n) is 4.01. The van der Waals surface area contributed by atoms with E-state index in [1.807, 2.05) is 0 Å². The molecule has 0 radical (unpaired) electrons. The van der Waals surface area contributed by atoms with Crippen molar-refractivity contribution in [2.45, 2.75) is 33.0 Å². The van der Waals surface area contributed by atoms with E-state index >= 15 is 0 Å². The second-order valence-corrected chi connectivity index (χ2v) is 9.31. The Morgan fingerprint density at radius 3 is 2.41 bits per heavy atom. The topological polar surface area (TPSA) is 84.2 Å². The number of aromatic hydroxyl groups is 1. The molecule has 192 valence electrons. The van der Waals surface area contributed by atoms with Gasteiger partial charge in [0.15, 0.2) is 5.75 Å². The number of amides is 1. The monoisotopic (exact) mass is 549 g/mol. The highest BCUT2D eigenvalue weighted by atomic mass is 35.5. The number of benzene rings is 3. The average Bonchev–Trinajstić information content (AvgIpc) is 2.84. The van der Waals surface area contributed by atoms with E-state index in [0.717, 1.165) is 11.5 Å². The zero-order chi connectivity index (χ0) is 27.1. The highest BCUT2D eigenvalue weighted by molar-refractivity contribution is 6.37. The van der Waals surface area contributed by atoms with Crippen LogP contribution in [0.4, 0.5) is 18.9 Å². The van der Waals surface area contributed by atoms with Crippen molar-refractivity contribution in [1.82, 2.24) is 9.55 Å². The third kappa shape index (κ3) is 5.14. The van der Waals surface area contributed by atoms with Crippen LogP contribution in [0.25, 0.3) is 10.9 Å². The minimum Gasteiger partial charge on any atom is -0.505 e. The molecule has 2 N–H and O–H groups in total. The molecular weight excluding hydrogens is 530 g/mol. The van der Waals surface area contributed by atoms with Gasteiger partial charge in [0.2, 0.25) is 0 Å². The van der Waals surface area contributed by atoms with Gasteiger partial charge in [0, 0.05) is 18.1 Å². The molecule has 3 aromatic carbocycles. The minimum atomic E-state index is -3.19. The molecule has 0 fully saturated rings. The van der Waals surface area contributed by atoms with Gasteiger partial charge in [-0.25, -0.2) is 18.2 Å². The molecule has 0 saturated carbocycles. The first-order valence-electron chi connectivity index (χ1n) is 11.0.